The van der Waals surface area contributed by atoms with Crippen molar-refractivity contribution in [3.63, 3.8) is 0 Å². The lowest BCUT2D eigenvalue weighted by molar-refractivity contribution is -0.121. The number of amides is 2. The molecule has 0 fully saturated rings. The molecule has 6 heteroatoms. The van der Waals surface area contributed by atoms with E-state index in [0.717, 1.165) is 11.1 Å². The van der Waals surface area contributed by atoms with E-state index in [4.69, 9.17) is 0 Å². The van der Waals surface area contributed by atoms with Crippen LogP contribution in [0.1, 0.15) is 36.7 Å². The van der Waals surface area contributed by atoms with Gasteiger partial charge in [-0.2, -0.15) is 0 Å². The van der Waals surface area contributed by atoms with Crippen molar-refractivity contribution >= 4 is 28.3 Å². The number of nitrogens with zero attached hydrogens (tertiary/aromatic N) is 1. The van der Waals surface area contributed by atoms with Crippen LogP contribution in [0.15, 0.2) is 66.0 Å². The van der Waals surface area contributed by atoms with Crippen molar-refractivity contribution in [2.75, 3.05) is 5.32 Å². The third kappa shape index (κ3) is 6.26. The Kier molecular flexibility index (Phi) is 7.14. The lowest BCUT2D eigenvalue weighted by Gasteiger charge is -2.19. The van der Waals surface area contributed by atoms with E-state index in [1.54, 1.807) is 0 Å². The molecule has 1 atom stereocenters. The van der Waals surface area contributed by atoms with Gasteiger partial charge < -0.3 is 10.6 Å². The number of nitrogens with one attached hydrogen (secondary N) is 2. The molecule has 2 aromatic carbocycles. The van der Waals surface area contributed by atoms with Crippen molar-refractivity contribution in [1.82, 2.24) is 10.3 Å². The Morgan fingerprint density at radius 2 is 1.66 bits per heavy atom. The summed E-state index contributed by atoms with van der Waals surface area (Å²) < 4.78 is 0. The molecule has 0 saturated heterocycles. The third-order valence-corrected chi connectivity index (χ3v) is 5.27. The van der Waals surface area contributed by atoms with E-state index in [2.05, 4.69) is 27.8 Å². The van der Waals surface area contributed by atoms with Crippen LogP contribution in [0.5, 0.6) is 0 Å². The first-order valence-corrected chi connectivity index (χ1v) is 10.5. The molecule has 0 aliphatic carbocycles. The molecule has 5 nitrogen and oxygen atoms in total. The molecule has 29 heavy (non-hydrogen) atoms. The van der Waals surface area contributed by atoms with Crippen LogP contribution in [0.25, 0.3) is 0 Å². The van der Waals surface area contributed by atoms with Gasteiger partial charge in [0, 0.05) is 11.3 Å². The van der Waals surface area contributed by atoms with E-state index >= 15 is 0 Å². The minimum absolute atomic E-state index is 0.0812. The zero-order chi connectivity index (χ0) is 20.6. The first-order valence-electron chi connectivity index (χ1n) is 9.64. The van der Waals surface area contributed by atoms with Crippen molar-refractivity contribution in [2.24, 2.45) is 5.92 Å². The van der Waals surface area contributed by atoms with Crippen LogP contribution in [-0.4, -0.2) is 16.8 Å². The maximum atomic E-state index is 12.7. The topological polar surface area (TPSA) is 71.1 Å². The zero-order valence-corrected chi connectivity index (χ0v) is 17.4. The van der Waals surface area contributed by atoms with Crippen LogP contribution in [0.2, 0.25) is 0 Å². The smallest absolute Gasteiger partial charge is 0.228 e. The van der Waals surface area contributed by atoms with E-state index < -0.39 is 0 Å². The van der Waals surface area contributed by atoms with Crippen LogP contribution in [0, 0.1) is 5.92 Å². The average molecular weight is 408 g/mol. The predicted molar refractivity (Wildman–Crippen MR) is 117 cm³/mol. The number of aromatic nitrogens is 1. The lowest BCUT2D eigenvalue weighted by Crippen LogP contribution is -2.31. The number of rotatable bonds is 8. The summed E-state index contributed by atoms with van der Waals surface area (Å²) in [6, 6.07) is 20.0. The second kappa shape index (κ2) is 9.98. The van der Waals surface area contributed by atoms with E-state index in [1.807, 2.05) is 67.8 Å². The van der Waals surface area contributed by atoms with Crippen LogP contribution in [-0.2, 0) is 22.4 Å². The van der Waals surface area contributed by atoms with Gasteiger partial charge in [0.15, 0.2) is 5.13 Å². The molecule has 2 N–H and O–H groups in total. The Bertz CT molecular complexity index is 939. The Balaban J connectivity index is 1.66. The highest BCUT2D eigenvalue weighted by Gasteiger charge is 2.17. The van der Waals surface area contributed by atoms with Crippen molar-refractivity contribution < 1.29 is 9.59 Å². The van der Waals surface area contributed by atoms with Gasteiger partial charge in [-0.3, -0.25) is 9.59 Å². The minimum Gasteiger partial charge on any atom is -0.349 e. The van der Waals surface area contributed by atoms with Gasteiger partial charge in [0.25, 0.3) is 0 Å². The van der Waals surface area contributed by atoms with E-state index in [1.165, 1.54) is 11.3 Å². The normalized spacial score (nSPS) is 11.8. The maximum absolute atomic E-state index is 12.7. The maximum Gasteiger partial charge on any atom is 0.228 e. The van der Waals surface area contributed by atoms with E-state index in [9.17, 15) is 9.59 Å². The van der Waals surface area contributed by atoms with Gasteiger partial charge in [0.1, 0.15) is 0 Å². The molecule has 1 aromatic heterocycles. The molecule has 0 saturated carbocycles. The van der Waals surface area contributed by atoms with E-state index in [-0.39, 0.29) is 30.2 Å². The number of anilines is 1. The van der Waals surface area contributed by atoms with Crippen LogP contribution in [0.3, 0.4) is 0 Å². The summed E-state index contributed by atoms with van der Waals surface area (Å²) in [5.41, 5.74) is 2.87. The van der Waals surface area contributed by atoms with Crippen LogP contribution >= 0.6 is 11.3 Å². The monoisotopic (exact) mass is 407 g/mol. The summed E-state index contributed by atoms with van der Waals surface area (Å²) in [6.07, 6.45) is 0.884. The van der Waals surface area contributed by atoms with Gasteiger partial charge >= 0.3 is 0 Å². The quantitative estimate of drug-likeness (QED) is 0.582. The number of hydrogen-bond donors (Lipinski definition) is 2. The summed E-state index contributed by atoms with van der Waals surface area (Å²) in [7, 11) is 0. The van der Waals surface area contributed by atoms with Gasteiger partial charge in [0.05, 0.1) is 18.2 Å². The van der Waals surface area contributed by atoms with Gasteiger partial charge in [-0.1, -0.05) is 74.5 Å². The second-order valence-electron chi connectivity index (χ2n) is 7.19. The Morgan fingerprint density at radius 1 is 1.00 bits per heavy atom. The third-order valence-electron chi connectivity index (χ3n) is 4.47. The first kappa shape index (κ1) is 20.7. The first-order chi connectivity index (χ1) is 14.0. The fourth-order valence-corrected chi connectivity index (χ4v) is 3.61. The molecule has 0 aliphatic rings. The van der Waals surface area contributed by atoms with Gasteiger partial charge in [-0.05, 0) is 17.5 Å². The molecule has 0 bridgehead atoms. The van der Waals surface area contributed by atoms with Crippen molar-refractivity contribution in [3.05, 3.63) is 82.9 Å². The molecule has 0 aliphatic heterocycles. The zero-order valence-electron chi connectivity index (χ0n) is 16.6. The lowest BCUT2D eigenvalue weighted by atomic mass is 9.98. The van der Waals surface area contributed by atoms with Crippen LogP contribution in [0.4, 0.5) is 5.13 Å². The summed E-state index contributed by atoms with van der Waals surface area (Å²) in [5, 5.41) is 8.24. The Hall–Kier alpha value is -2.99. The number of thiazole rings is 1. The highest BCUT2D eigenvalue weighted by Crippen LogP contribution is 2.20. The van der Waals surface area contributed by atoms with Gasteiger partial charge in [-0.25, -0.2) is 4.98 Å². The Morgan fingerprint density at radius 3 is 2.31 bits per heavy atom. The number of benzene rings is 2. The Labute approximate surface area is 175 Å². The predicted octanol–water partition coefficient (Wildman–Crippen LogP) is 4.38. The van der Waals surface area contributed by atoms with Gasteiger partial charge in [-0.15, -0.1) is 11.3 Å². The molecule has 150 valence electrons. The summed E-state index contributed by atoms with van der Waals surface area (Å²) in [6.45, 7) is 3.65. The standard InChI is InChI=1S/C23H25N3O2S/c1-16(2)22(28)26-23-24-19(15-29-23)14-21(27)25-20(18-11-7-4-8-12-18)13-17-9-5-3-6-10-17/h3-12,15-16,20H,13-14H2,1-2H3,(H,25,27)(H,24,26,28). The van der Waals surface area contributed by atoms with Crippen LogP contribution < -0.4 is 10.6 Å². The summed E-state index contributed by atoms with van der Waals surface area (Å²) in [4.78, 5) is 28.9. The summed E-state index contributed by atoms with van der Waals surface area (Å²) in [5.74, 6) is -0.292. The SMILES string of the molecule is CC(C)C(=O)Nc1nc(CC(=O)NC(Cc2ccccc2)c2ccccc2)cs1. The molecule has 1 unspecified atom stereocenters. The number of hydrogen-bond acceptors (Lipinski definition) is 4. The largest absolute Gasteiger partial charge is 0.349 e. The number of carbonyl (C=O) groups excluding carboxylic acids is 2. The minimum atomic E-state index is -0.121. The fraction of sp³-hybridized carbons (Fsp3) is 0.261. The van der Waals surface area contributed by atoms with Gasteiger partial charge in [0.2, 0.25) is 11.8 Å². The molecule has 0 spiro atoms. The average Bonchev–Trinajstić information content (AvgIpc) is 3.15. The highest BCUT2D eigenvalue weighted by molar-refractivity contribution is 7.13. The highest BCUT2D eigenvalue weighted by atomic mass is 32.1. The molecule has 2 amide bonds. The van der Waals surface area contributed by atoms with Crippen molar-refractivity contribution in [2.45, 2.75) is 32.7 Å². The summed E-state index contributed by atoms with van der Waals surface area (Å²) >= 11 is 1.33. The molecule has 0 radical (unpaired) electrons. The van der Waals surface area contributed by atoms with Crippen molar-refractivity contribution in [1.29, 1.82) is 0 Å². The second-order valence-corrected chi connectivity index (χ2v) is 8.04. The number of carbonyl (C=O) groups is 2. The molecule has 3 aromatic rings. The van der Waals surface area contributed by atoms with Crippen molar-refractivity contribution in [3.8, 4) is 0 Å². The molecular weight excluding hydrogens is 382 g/mol. The molecule has 3 rings (SSSR count). The van der Waals surface area contributed by atoms with E-state index in [0.29, 0.717) is 17.2 Å². The molecular formula is C23H25N3O2S. The fourth-order valence-electron chi connectivity index (χ4n) is 2.89. The molecule has 1 heterocycles.